The van der Waals surface area contributed by atoms with Crippen LogP contribution in [0.3, 0.4) is 0 Å². The van der Waals surface area contributed by atoms with Gasteiger partial charge >= 0.3 is 6.18 Å². The second kappa shape index (κ2) is 9.39. The molecule has 3 aromatic rings. The molecule has 35 heavy (non-hydrogen) atoms. The number of halogens is 4. The van der Waals surface area contributed by atoms with Crippen molar-refractivity contribution in [3.05, 3.63) is 52.4 Å². The van der Waals surface area contributed by atoms with Crippen LogP contribution in [0.25, 0.3) is 10.9 Å². The Morgan fingerprint density at radius 3 is 2.54 bits per heavy atom. The number of hydrogen-bond acceptors (Lipinski definition) is 6. The van der Waals surface area contributed by atoms with E-state index in [4.69, 9.17) is 11.6 Å². The molecule has 1 amide bonds. The van der Waals surface area contributed by atoms with Crippen LogP contribution in [-0.4, -0.2) is 51.2 Å². The van der Waals surface area contributed by atoms with Crippen LogP contribution < -0.4 is 10.8 Å². The van der Waals surface area contributed by atoms with Gasteiger partial charge in [-0.15, -0.1) is 0 Å². The minimum atomic E-state index is -4.57. The monoisotopic (exact) mass is 525 g/mol. The van der Waals surface area contributed by atoms with Crippen LogP contribution >= 0.6 is 18.7 Å². The molecule has 1 atom stereocenters. The van der Waals surface area contributed by atoms with Crippen molar-refractivity contribution in [2.45, 2.75) is 33.0 Å². The standard InChI is InChI=1S/C23H24ClF3N5O2P/c1-13(16-5-4-6-18(21(16)24)23(25,26)27)29-22-17-11-20(28-12-19(17)30-14(2)31-22)35(34)9-7-32(8-10-35)15(3)33/h4-6,11-13H,7-10H2,1-3H3,(H,29,30,31)/t13-/m1/s1. The van der Waals surface area contributed by atoms with Gasteiger partial charge in [0.1, 0.15) is 24.2 Å². The van der Waals surface area contributed by atoms with Crippen molar-refractivity contribution in [3.8, 4) is 0 Å². The second-order valence-corrected chi connectivity index (χ2v) is 12.1. The molecule has 0 bridgehead atoms. The highest BCUT2D eigenvalue weighted by Gasteiger charge is 2.35. The number of carbonyl (C=O) groups excluding carboxylic acids is 1. The smallest absolute Gasteiger partial charge is 0.363 e. The molecule has 0 unspecified atom stereocenters. The number of anilines is 1. The van der Waals surface area contributed by atoms with Crippen molar-refractivity contribution in [1.82, 2.24) is 19.9 Å². The Labute approximate surface area is 205 Å². The van der Waals surface area contributed by atoms with Crippen molar-refractivity contribution in [2.75, 3.05) is 30.7 Å². The highest BCUT2D eigenvalue weighted by Crippen LogP contribution is 2.46. The van der Waals surface area contributed by atoms with Gasteiger partial charge in [-0.3, -0.25) is 9.78 Å². The number of carbonyl (C=O) groups is 1. The normalized spacial score (nSPS) is 16.8. The number of amides is 1. The molecular formula is C23H24ClF3N5O2P. The minimum absolute atomic E-state index is 0.0553. The van der Waals surface area contributed by atoms with E-state index in [1.165, 1.54) is 25.3 Å². The predicted octanol–water partition coefficient (Wildman–Crippen LogP) is 5.03. The number of hydrogen-bond donors (Lipinski definition) is 1. The quantitative estimate of drug-likeness (QED) is 0.481. The maximum atomic E-state index is 13.7. The molecule has 1 N–H and O–H groups in total. The van der Waals surface area contributed by atoms with Gasteiger partial charge in [-0.1, -0.05) is 23.7 Å². The van der Waals surface area contributed by atoms with Gasteiger partial charge in [0.25, 0.3) is 0 Å². The molecule has 0 radical (unpaired) electrons. The third-order valence-corrected chi connectivity index (χ3v) is 9.50. The Bertz CT molecular complexity index is 1340. The maximum absolute atomic E-state index is 13.7. The lowest BCUT2D eigenvalue weighted by molar-refractivity contribution is -0.137. The second-order valence-electron chi connectivity index (χ2n) is 8.59. The first kappa shape index (κ1) is 25.4. The minimum Gasteiger partial charge on any atom is -0.363 e. The van der Waals surface area contributed by atoms with Crippen molar-refractivity contribution in [3.63, 3.8) is 0 Å². The lowest BCUT2D eigenvalue weighted by atomic mass is 10.0. The average molecular weight is 526 g/mol. The van der Waals surface area contributed by atoms with Gasteiger partial charge in [0.2, 0.25) is 5.91 Å². The van der Waals surface area contributed by atoms with Crippen LogP contribution in [0.5, 0.6) is 0 Å². The molecule has 0 saturated carbocycles. The van der Waals surface area contributed by atoms with Gasteiger partial charge in [-0.25, -0.2) is 9.97 Å². The van der Waals surface area contributed by atoms with Crippen LogP contribution in [0.4, 0.5) is 19.0 Å². The third kappa shape index (κ3) is 5.14. The van der Waals surface area contributed by atoms with Crippen molar-refractivity contribution >= 4 is 46.8 Å². The Kier molecular flexibility index (Phi) is 6.81. The molecule has 4 rings (SSSR count). The molecule has 2 aromatic heterocycles. The molecule has 186 valence electrons. The summed E-state index contributed by atoms with van der Waals surface area (Å²) in [6.45, 7) is 5.66. The average Bonchev–Trinajstić information content (AvgIpc) is 2.78. The molecule has 3 heterocycles. The van der Waals surface area contributed by atoms with Crippen molar-refractivity contribution in [1.29, 1.82) is 0 Å². The van der Waals surface area contributed by atoms with E-state index in [1.54, 1.807) is 24.8 Å². The summed E-state index contributed by atoms with van der Waals surface area (Å²) < 4.78 is 53.6. The first-order chi connectivity index (χ1) is 16.4. The Hall–Kier alpha value is -2.71. The Balaban J connectivity index is 1.70. The molecule has 0 aliphatic carbocycles. The van der Waals surface area contributed by atoms with Gasteiger partial charge in [-0.2, -0.15) is 13.2 Å². The number of nitrogens with one attached hydrogen (secondary N) is 1. The number of alkyl halides is 3. The molecule has 7 nitrogen and oxygen atoms in total. The molecule has 1 aliphatic heterocycles. The van der Waals surface area contributed by atoms with E-state index in [0.29, 0.717) is 53.4 Å². The van der Waals surface area contributed by atoms with Gasteiger partial charge in [0, 0.05) is 37.7 Å². The van der Waals surface area contributed by atoms with Crippen LogP contribution in [0, 0.1) is 6.92 Å². The maximum Gasteiger partial charge on any atom is 0.417 e. The Morgan fingerprint density at radius 1 is 1.23 bits per heavy atom. The molecular weight excluding hydrogens is 502 g/mol. The first-order valence-electron chi connectivity index (χ1n) is 11.0. The number of fused-ring (bicyclic) bond motifs is 1. The fraction of sp³-hybridized carbons (Fsp3) is 0.391. The lowest BCUT2D eigenvalue weighted by Gasteiger charge is -2.31. The summed E-state index contributed by atoms with van der Waals surface area (Å²) in [6, 6.07) is 4.84. The van der Waals surface area contributed by atoms with Crippen LogP contribution in [-0.2, 0) is 15.5 Å². The van der Waals surface area contributed by atoms with Crippen molar-refractivity contribution in [2.24, 2.45) is 0 Å². The van der Waals surface area contributed by atoms with Gasteiger partial charge in [-0.05, 0) is 31.5 Å². The number of benzene rings is 1. The highest BCUT2D eigenvalue weighted by atomic mass is 35.5. The zero-order valence-electron chi connectivity index (χ0n) is 19.4. The molecule has 12 heteroatoms. The predicted molar refractivity (Wildman–Crippen MR) is 130 cm³/mol. The summed E-state index contributed by atoms with van der Waals surface area (Å²) in [5.41, 5.74) is 0.300. The van der Waals surface area contributed by atoms with Crippen LogP contribution in [0.1, 0.15) is 36.8 Å². The summed E-state index contributed by atoms with van der Waals surface area (Å²) in [5.74, 6) is 0.768. The molecule has 1 fully saturated rings. The zero-order chi connectivity index (χ0) is 25.5. The van der Waals surface area contributed by atoms with Gasteiger partial charge in [0.05, 0.1) is 28.3 Å². The molecule has 1 aliphatic rings. The van der Waals surface area contributed by atoms with E-state index in [1.807, 2.05) is 0 Å². The molecule has 1 saturated heterocycles. The number of nitrogens with zero attached hydrogens (tertiary/aromatic N) is 4. The topological polar surface area (TPSA) is 88.1 Å². The van der Waals surface area contributed by atoms with Crippen molar-refractivity contribution < 1.29 is 22.5 Å². The van der Waals surface area contributed by atoms with E-state index in [-0.39, 0.29) is 16.5 Å². The van der Waals surface area contributed by atoms with E-state index in [0.717, 1.165) is 6.07 Å². The number of aryl methyl sites for hydroxylation is 1. The fourth-order valence-electron chi connectivity index (χ4n) is 4.19. The molecule has 1 aromatic carbocycles. The van der Waals surface area contributed by atoms with E-state index in [2.05, 4.69) is 20.3 Å². The van der Waals surface area contributed by atoms with Crippen LogP contribution in [0.2, 0.25) is 5.02 Å². The van der Waals surface area contributed by atoms with Gasteiger partial charge < -0.3 is 14.8 Å². The van der Waals surface area contributed by atoms with Crippen LogP contribution in [0.15, 0.2) is 30.5 Å². The summed E-state index contributed by atoms with van der Waals surface area (Å²) in [5, 5.41) is 3.33. The lowest BCUT2D eigenvalue weighted by Crippen LogP contribution is -2.40. The summed E-state index contributed by atoms with van der Waals surface area (Å²) >= 11 is 6.12. The number of aromatic nitrogens is 3. The first-order valence-corrected chi connectivity index (χ1v) is 13.5. The van der Waals surface area contributed by atoms with Gasteiger partial charge in [0.15, 0.2) is 0 Å². The molecule has 0 spiro atoms. The summed E-state index contributed by atoms with van der Waals surface area (Å²) in [7, 11) is -2.84. The van der Waals surface area contributed by atoms with E-state index >= 15 is 0 Å². The fourth-order valence-corrected chi connectivity index (χ4v) is 7.03. The number of rotatable bonds is 4. The van der Waals surface area contributed by atoms with E-state index in [9.17, 15) is 22.5 Å². The summed E-state index contributed by atoms with van der Waals surface area (Å²) in [6.07, 6.45) is -2.38. The largest absolute Gasteiger partial charge is 0.417 e. The Morgan fingerprint density at radius 2 is 1.91 bits per heavy atom. The highest BCUT2D eigenvalue weighted by molar-refractivity contribution is 7.71. The zero-order valence-corrected chi connectivity index (χ0v) is 21.0. The third-order valence-electron chi connectivity index (χ3n) is 6.16. The SMILES string of the molecule is CC(=O)N1CCP(=O)(c2cc3c(N[C@H](C)c4cccc(C(F)(F)F)c4Cl)nc(C)nc3cn2)CC1. The van der Waals surface area contributed by atoms with E-state index < -0.39 is 24.9 Å². The summed E-state index contributed by atoms with van der Waals surface area (Å²) in [4.78, 5) is 26.6. The number of pyridine rings is 1.